The van der Waals surface area contributed by atoms with Crippen molar-refractivity contribution in [2.75, 3.05) is 20.8 Å². The minimum Gasteiger partial charge on any atom is -0.493 e. The first-order valence-electron chi connectivity index (χ1n) is 6.98. The number of hydrogen-bond acceptors (Lipinski definition) is 4. The first-order chi connectivity index (χ1) is 9.24. The minimum atomic E-state index is 0.221. The molecular formula is C15H22N2O2. The number of hydrogen-bond donors (Lipinski definition) is 1. The van der Waals surface area contributed by atoms with E-state index in [2.05, 4.69) is 17.0 Å². The molecule has 2 unspecified atom stereocenters. The first-order valence-corrected chi connectivity index (χ1v) is 6.98. The summed E-state index contributed by atoms with van der Waals surface area (Å²) < 4.78 is 10.7. The Kier molecular flexibility index (Phi) is 3.37. The molecule has 2 fully saturated rings. The summed E-state index contributed by atoms with van der Waals surface area (Å²) in [6.45, 7) is 1.12. The maximum atomic E-state index is 6.32. The monoisotopic (exact) mass is 262 g/mol. The van der Waals surface area contributed by atoms with Crippen LogP contribution in [0.2, 0.25) is 0 Å². The fourth-order valence-electron chi connectivity index (χ4n) is 3.13. The lowest BCUT2D eigenvalue weighted by Gasteiger charge is -2.27. The molecule has 1 heterocycles. The van der Waals surface area contributed by atoms with Crippen LogP contribution >= 0.6 is 0 Å². The van der Waals surface area contributed by atoms with Gasteiger partial charge in [0.25, 0.3) is 0 Å². The molecule has 0 radical (unpaired) electrons. The van der Waals surface area contributed by atoms with Crippen molar-refractivity contribution in [3.63, 3.8) is 0 Å². The number of ether oxygens (including phenoxy) is 2. The van der Waals surface area contributed by atoms with Gasteiger partial charge in [0.15, 0.2) is 11.5 Å². The van der Waals surface area contributed by atoms with Crippen molar-refractivity contribution in [1.82, 2.24) is 4.90 Å². The average Bonchev–Trinajstić information content (AvgIpc) is 3.21. The maximum absolute atomic E-state index is 6.32. The lowest BCUT2D eigenvalue weighted by molar-refractivity contribution is 0.236. The van der Waals surface area contributed by atoms with Gasteiger partial charge in [0.1, 0.15) is 0 Å². The van der Waals surface area contributed by atoms with Crippen LogP contribution in [0.25, 0.3) is 0 Å². The van der Waals surface area contributed by atoms with Gasteiger partial charge in [-0.05, 0) is 37.0 Å². The molecule has 1 aromatic carbocycles. The SMILES string of the molecule is COc1ccc(C2C(N)CCN2C2CC2)cc1OC. The van der Waals surface area contributed by atoms with E-state index in [0.29, 0.717) is 6.04 Å². The van der Waals surface area contributed by atoms with Crippen LogP contribution in [0, 0.1) is 0 Å². The Hall–Kier alpha value is -1.26. The summed E-state index contributed by atoms with van der Waals surface area (Å²) in [6, 6.07) is 7.46. The summed E-state index contributed by atoms with van der Waals surface area (Å²) >= 11 is 0. The highest BCUT2D eigenvalue weighted by Crippen LogP contribution is 2.42. The number of methoxy groups -OCH3 is 2. The van der Waals surface area contributed by atoms with E-state index in [1.165, 1.54) is 18.4 Å². The van der Waals surface area contributed by atoms with E-state index in [4.69, 9.17) is 15.2 Å². The van der Waals surface area contributed by atoms with Gasteiger partial charge in [0.2, 0.25) is 0 Å². The average molecular weight is 262 g/mol. The third-order valence-corrected chi connectivity index (χ3v) is 4.25. The number of rotatable bonds is 4. The second-order valence-corrected chi connectivity index (χ2v) is 5.48. The third kappa shape index (κ3) is 2.30. The predicted octanol–water partition coefficient (Wildman–Crippen LogP) is 1.94. The second-order valence-electron chi connectivity index (χ2n) is 5.48. The van der Waals surface area contributed by atoms with E-state index in [1.807, 2.05) is 6.07 Å². The van der Waals surface area contributed by atoms with Crippen LogP contribution in [0.5, 0.6) is 11.5 Å². The van der Waals surface area contributed by atoms with E-state index in [9.17, 15) is 0 Å². The zero-order valence-corrected chi connectivity index (χ0v) is 11.6. The van der Waals surface area contributed by atoms with E-state index < -0.39 is 0 Å². The number of benzene rings is 1. The van der Waals surface area contributed by atoms with E-state index in [1.54, 1.807) is 14.2 Å². The Morgan fingerprint density at radius 1 is 1.11 bits per heavy atom. The number of likely N-dealkylation sites (tertiary alicyclic amines) is 1. The normalized spacial score (nSPS) is 27.5. The predicted molar refractivity (Wildman–Crippen MR) is 74.6 cm³/mol. The van der Waals surface area contributed by atoms with Crippen LogP contribution in [-0.4, -0.2) is 37.7 Å². The van der Waals surface area contributed by atoms with Crippen molar-refractivity contribution in [2.24, 2.45) is 5.73 Å². The van der Waals surface area contributed by atoms with Gasteiger partial charge >= 0.3 is 0 Å². The van der Waals surface area contributed by atoms with Gasteiger partial charge in [-0.15, -0.1) is 0 Å². The van der Waals surface area contributed by atoms with E-state index in [-0.39, 0.29) is 6.04 Å². The summed E-state index contributed by atoms with van der Waals surface area (Å²) in [6.07, 6.45) is 3.71. The molecule has 2 N–H and O–H groups in total. The molecule has 1 aliphatic carbocycles. The fraction of sp³-hybridized carbons (Fsp3) is 0.600. The van der Waals surface area contributed by atoms with Crippen molar-refractivity contribution in [2.45, 2.75) is 37.4 Å². The van der Waals surface area contributed by atoms with Gasteiger partial charge in [0.05, 0.1) is 20.3 Å². The molecule has 0 aromatic heterocycles. The maximum Gasteiger partial charge on any atom is 0.161 e. The van der Waals surface area contributed by atoms with Gasteiger partial charge in [-0.2, -0.15) is 0 Å². The molecule has 0 amide bonds. The van der Waals surface area contributed by atoms with E-state index >= 15 is 0 Å². The van der Waals surface area contributed by atoms with Crippen LogP contribution in [0.1, 0.15) is 30.9 Å². The molecule has 0 spiro atoms. The Bertz CT molecular complexity index is 459. The quantitative estimate of drug-likeness (QED) is 0.901. The fourth-order valence-corrected chi connectivity index (χ4v) is 3.13. The lowest BCUT2D eigenvalue weighted by atomic mass is 10.00. The highest BCUT2D eigenvalue weighted by atomic mass is 16.5. The summed E-state index contributed by atoms with van der Waals surface area (Å²) in [5.41, 5.74) is 7.56. The summed E-state index contributed by atoms with van der Waals surface area (Å²) in [5, 5.41) is 0. The molecule has 0 bridgehead atoms. The van der Waals surface area contributed by atoms with Gasteiger partial charge in [-0.3, -0.25) is 4.90 Å². The Labute approximate surface area is 114 Å². The van der Waals surface area contributed by atoms with Gasteiger partial charge in [-0.1, -0.05) is 6.07 Å². The van der Waals surface area contributed by atoms with E-state index in [0.717, 1.165) is 30.5 Å². The Morgan fingerprint density at radius 2 is 1.84 bits per heavy atom. The zero-order valence-electron chi connectivity index (χ0n) is 11.6. The van der Waals surface area contributed by atoms with Crippen LogP contribution in [-0.2, 0) is 0 Å². The van der Waals surface area contributed by atoms with Crippen molar-refractivity contribution in [3.8, 4) is 11.5 Å². The van der Waals surface area contributed by atoms with Crippen molar-refractivity contribution >= 4 is 0 Å². The highest BCUT2D eigenvalue weighted by molar-refractivity contribution is 5.44. The van der Waals surface area contributed by atoms with Gasteiger partial charge in [-0.25, -0.2) is 0 Å². The molecule has 104 valence electrons. The summed E-state index contributed by atoms with van der Waals surface area (Å²) in [7, 11) is 3.34. The smallest absolute Gasteiger partial charge is 0.161 e. The molecule has 1 aromatic rings. The molecule has 1 saturated carbocycles. The third-order valence-electron chi connectivity index (χ3n) is 4.25. The largest absolute Gasteiger partial charge is 0.493 e. The molecule has 1 saturated heterocycles. The topological polar surface area (TPSA) is 47.7 Å². The van der Waals surface area contributed by atoms with Gasteiger partial charge < -0.3 is 15.2 Å². The van der Waals surface area contributed by atoms with Crippen molar-refractivity contribution in [3.05, 3.63) is 23.8 Å². The highest BCUT2D eigenvalue weighted by Gasteiger charge is 2.41. The molecule has 4 heteroatoms. The number of nitrogens with zero attached hydrogens (tertiary/aromatic N) is 1. The summed E-state index contributed by atoms with van der Waals surface area (Å²) in [5.74, 6) is 1.56. The molecule has 3 rings (SSSR count). The number of nitrogens with two attached hydrogens (primary N) is 1. The standard InChI is InChI=1S/C15H22N2O2/c1-18-13-6-3-10(9-14(13)19-2)15-12(16)7-8-17(15)11-4-5-11/h3,6,9,11-12,15H,4-5,7-8,16H2,1-2H3. The Balaban J connectivity index is 1.91. The zero-order chi connectivity index (χ0) is 13.4. The van der Waals surface area contributed by atoms with Crippen LogP contribution < -0.4 is 15.2 Å². The molecule has 2 aliphatic rings. The molecule has 19 heavy (non-hydrogen) atoms. The van der Waals surface area contributed by atoms with Gasteiger partial charge in [0, 0.05) is 18.6 Å². The lowest BCUT2D eigenvalue weighted by Crippen LogP contribution is -2.33. The van der Waals surface area contributed by atoms with Crippen LogP contribution in [0.3, 0.4) is 0 Å². The molecule has 2 atom stereocenters. The van der Waals surface area contributed by atoms with Crippen molar-refractivity contribution in [1.29, 1.82) is 0 Å². The molecule has 1 aliphatic heterocycles. The van der Waals surface area contributed by atoms with Crippen LogP contribution in [0.4, 0.5) is 0 Å². The molecule has 4 nitrogen and oxygen atoms in total. The first kappa shape index (κ1) is 12.8. The van der Waals surface area contributed by atoms with Crippen LogP contribution in [0.15, 0.2) is 18.2 Å². The van der Waals surface area contributed by atoms with Crippen molar-refractivity contribution < 1.29 is 9.47 Å². The molecular weight excluding hydrogens is 240 g/mol. The minimum absolute atomic E-state index is 0.221. The second kappa shape index (κ2) is 5.02. The Morgan fingerprint density at radius 3 is 2.47 bits per heavy atom. The summed E-state index contributed by atoms with van der Waals surface area (Å²) in [4.78, 5) is 2.56.